The molecule has 1 aromatic carbocycles. The fourth-order valence-electron chi connectivity index (χ4n) is 1.56. The van der Waals surface area contributed by atoms with E-state index >= 15 is 0 Å². The van der Waals surface area contributed by atoms with Crippen molar-refractivity contribution in [3.8, 4) is 23.8 Å². The number of rotatable bonds is 6. The standard InChI is InChI=1S/C14H19NO3/c1-5-10(2)15-9-13(16)12-8-11(17-3)6-7-14(12)18-4/h1,6-8,10,13,15-16H,9H2,2-4H3. The lowest BCUT2D eigenvalue weighted by Crippen LogP contribution is -2.29. The summed E-state index contributed by atoms with van der Waals surface area (Å²) in [5.74, 6) is 3.84. The molecule has 2 unspecified atom stereocenters. The Morgan fingerprint density at radius 2 is 2.11 bits per heavy atom. The topological polar surface area (TPSA) is 50.7 Å². The molecule has 0 fully saturated rings. The molecule has 2 atom stereocenters. The summed E-state index contributed by atoms with van der Waals surface area (Å²) in [5.41, 5.74) is 0.675. The highest BCUT2D eigenvalue weighted by Crippen LogP contribution is 2.29. The third kappa shape index (κ3) is 3.66. The van der Waals surface area contributed by atoms with Crippen LogP contribution in [0.5, 0.6) is 11.5 Å². The van der Waals surface area contributed by atoms with Crippen molar-refractivity contribution < 1.29 is 14.6 Å². The lowest BCUT2D eigenvalue weighted by atomic mass is 10.1. The zero-order chi connectivity index (χ0) is 13.5. The molecule has 4 nitrogen and oxygen atoms in total. The van der Waals surface area contributed by atoms with Crippen molar-refractivity contribution in [3.63, 3.8) is 0 Å². The first-order valence-corrected chi connectivity index (χ1v) is 5.71. The smallest absolute Gasteiger partial charge is 0.124 e. The van der Waals surface area contributed by atoms with Crippen LogP contribution < -0.4 is 14.8 Å². The minimum atomic E-state index is -0.703. The maximum atomic E-state index is 10.1. The van der Waals surface area contributed by atoms with Crippen LogP contribution in [0, 0.1) is 12.3 Å². The van der Waals surface area contributed by atoms with Crippen LogP contribution in [0.1, 0.15) is 18.6 Å². The normalized spacial score (nSPS) is 13.5. The number of aliphatic hydroxyl groups is 1. The molecule has 1 aromatic rings. The van der Waals surface area contributed by atoms with Crippen molar-refractivity contribution in [2.45, 2.75) is 19.1 Å². The molecular formula is C14H19NO3. The molecule has 0 bridgehead atoms. The van der Waals surface area contributed by atoms with Crippen molar-refractivity contribution >= 4 is 0 Å². The Bertz CT molecular complexity index is 426. The van der Waals surface area contributed by atoms with Gasteiger partial charge in [0.05, 0.1) is 26.4 Å². The number of methoxy groups -OCH3 is 2. The molecule has 0 saturated heterocycles. The molecule has 0 heterocycles. The van der Waals surface area contributed by atoms with Gasteiger partial charge in [0, 0.05) is 12.1 Å². The largest absolute Gasteiger partial charge is 0.497 e. The van der Waals surface area contributed by atoms with Gasteiger partial charge in [-0.05, 0) is 25.1 Å². The van der Waals surface area contributed by atoms with Crippen molar-refractivity contribution in [2.24, 2.45) is 0 Å². The Balaban J connectivity index is 2.82. The predicted molar refractivity (Wildman–Crippen MR) is 70.8 cm³/mol. The highest BCUT2D eigenvalue weighted by molar-refractivity contribution is 5.41. The van der Waals surface area contributed by atoms with Gasteiger partial charge in [0.15, 0.2) is 0 Å². The van der Waals surface area contributed by atoms with Gasteiger partial charge >= 0.3 is 0 Å². The maximum Gasteiger partial charge on any atom is 0.124 e. The zero-order valence-corrected chi connectivity index (χ0v) is 10.9. The number of hydrogen-bond acceptors (Lipinski definition) is 4. The molecule has 18 heavy (non-hydrogen) atoms. The molecule has 0 aliphatic rings. The Labute approximate surface area is 108 Å². The van der Waals surface area contributed by atoms with Crippen molar-refractivity contribution in [1.82, 2.24) is 5.32 Å². The Morgan fingerprint density at radius 1 is 1.39 bits per heavy atom. The second-order valence-corrected chi connectivity index (χ2v) is 3.92. The molecule has 0 aliphatic heterocycles. The highest BCUT2D eigenvalue weighted by Gasteiger charge is 2.14. The minimum absolute atomic E-state index is 0.0868. The fourth-order valence-corrected chi connectivity index (χ4v) is 1.56. The van der Waals surface area contributed by atoms with Gasteiger partial charge in [-0.3, -0.25) is 0 Å². The summed E-state index contributed by atoms with van der Waals surface area (Å²) in [6, 6.07) is 5.22. The van der Waals surface area contributed by atoms with Gasteiger partial charge in [-0.15, -0.1) is 6.42 Å². The zero-order valence-electron chi connectivity index (χ0n) is 10.9. The van der Waals surface area contributed by atoms with Crippen LogP contribution in [-0.2, 0) is 0 Å². The molecule has 4 heteroatoms. The lowest BCUT2D eigenvalue weighted by molar-refractivity contribution is 0.168. The fraction of sp³-hybridized carbons (Fsp3) is 0.429. The SMILES string of the molecule is C#CC(C)NCC(O)c1cc(OC)ccc1OC. The molecule has 0 amide bonds. The summed E-state index contributed by atoms with van der Waals surface area (Å²) in [7, 11) is 3.14. The van der Waals surface area contributed by atoms with Gasteiger partial charge in [0.1, 0.15) is 11.5 Å². The van der Waals surface area contributed by atoms with E-state index < -0.39 is 6.10 Å². The number of aliphatic hydroxyl groups excluding tert-OH is 1. The maximum absolute atomic E-state index is 10.1. The van der Waals surface area contributed by atoms with Crippen molar-refractivity contribution in [3.05, 3.63) is 23.8 Å². The first-order valence-electron chi connectivity index (χ1n) is 5.71. The van der Waals surface area contributed by atoms with E-state index in [0.717, 1.165) is 0 Å². The number of hydrogen-bond donors (Lipinski definition) is 2. The summed E-state index contributed by atoms with van der Waals surface area (Å²) in [4.78, 5) is 0. The van der Waals surface area contributed by atoms with Crippen LogP contribution in [0.2, 0.25) is 0 Å². The van der Waals surface area contributed by atoms with E-state index in [4.69, 9.17) is 15.9 Å². The third-order valence-corrected chi connectivity index (χ3v) is 2.66. The number of terminal acetylenes is 1. The van der Waals surface area contributed by atoms with Gasteiger partial charge in [0.25, 0.3) is 0 Å². The Kier molecular flexibility index (Phi) is 5.50. The number of benzene rings is 1. The van der Waals surface area contributed by atoms with Gasteiger partial charge in [0.2, 0.25) is 0 Å². The summed E-state index contributed by atoms with van der Waals surface area (Å²) in [5, 5.41) is 13.2. The average molecular weight is 249 g/mol. The van der Waals surface area contributed by atoms with E-state index in [-0.39, 0.29) is 6.04 Å². The Hall–Kier alpha value is -1.70. The van der Waals surface area contributed by atoms with Crippen LogP contribution in [-0.4, -0.2) is 31.9 Å². The first kappa shape index (κ1) is 14.4. The predicted octanol–water partition coefficient (Wildman–Crippen LogP) is 1.35. The van der Waals surface area contributed by atoms with Crippen LogP contribution in [0.3, 0.4) is 0 Å². The molecule has 0 saturated carbocycles. The van der Waals surface area contributed by atoms with Gasteiger partial charge in [-0.2, -0.15) is 0 Å². The summed E-state index contributed by atoms with van der Waals surface area (Å²) >= 11 is 0. The first-order chi connectivity index (χ1) is 8.62. The molecular weight excluding hydrogens is 230 g/mol. The molecule has 98 valence electrons. The summed E-state index contributed by atoms with van der Waals surface area (Å²) < 4.78 is 10.3. The molecule has 0 radical (unpaired) electrons. The van der Waals surface area contributed by atoms with Crippen LogP contribution in [0.25, 0.3) is 0 Å². The van der Waals surface area contributed by atoms with E-state index in [1.807, 2.05) is 6.92 Å². The van der Waals surface area contributed by atoms with Crippen LogP contribution >= 0.6 is 0 Å². The second kappa shape index (κ2) is 6.90. The molecule has 0 aliphatic carbocycles. The van der Waals surface area contributed by atoms with Gasteiger partial charge in [-0.25, -0.2) is 0 Å². The number of nitrogens with one attached hydrogen (secondary N) is 1. The van der Waals surface area contributed by atoms with Gasteiger partial charge < -0.3 is 19.9 Å². The van der Waals surface area contributed by atoms with Crippen LogP contribution in [0.4, 0.5) is 0 Å². The van der Waals surface area contributed by atoms with E-state index in [1.165, 1.54) is 0 Å². The Morgan fingerprint density at radius 3 is 2.67 bits per heavy atom. The molecule has 1 rings (SSSR count). The molecule has 0 spiro atoms. The lowest BCUT2D eigenvalue weighted by Gasteiger charge is -2.17. The third-order valence-electron chi connectivity index (χ3n) is 2.66. The molecule has 2 N–H and O–H groups in total. The highest BCUT2D eigenvalue weighted by atomic mass is 16.5. The number of ether oxygens (including phenoxy) is 2. The van der Waals surface area contributed by atoms with Crippen molar-refractivity contribution in [2.75, 3.05) is 20.8 Å². The van der Waals surface area contributed by atoms with E-state index in [2.05, 4.69) is 11.2 Å². The monoisotopic (exact) mass is 249 g/mol. The molecule has 0 aromatic heterocycles. The summed E-state index contributed by atoms with van der Waals surface area (Å²) in [6.45, 7) is 2.21. The minimum Gasteiger partial charge on any atom is -0.497 e. The summed E-state index contributed by atoms with van der Waals surface area (Å²) in [6.07, 6.45) is 4.56. The van der Waals surface area contributed by atoms with E-state index in [1.54, 1.807) is 32.4 Å². The van der Waals surface area contributed by atoms with Crippen molar-refractivity contribution in [1.29, 1.82) is 0 Å². The van der Waals surface area contributed by atoms with Gasteiger partial charge in [-0.1, -0.05) is 5.92 Å². The average Bonchev–Trinajstić information content (AvgIpc) is 2.43. The quantitative estimate of drug-likeness (QED) is 0.747. The van der Waals surface area contributed by atoms with E-state index in [9.17, 15) is 5.11 Å². The second-order valence-electron chi connectivity index (χ2n) is 3.92. The van der Waals surface area contributed by atoms with E-state index in [0.29, 0.717) is 23.6 Å². The van der Waals surface area contributed by atoms with Crippen LogP contribution in [0.15, 0.2) is 18.2 Å².